The Morgan fingerprint density at radius 3 is 2.58 bits per heavy atom. The normalized spacial score (nSPS) is 14.5. The van der Waals surface area contributed by atoms with Gasteiger partial charge in [-0.25, -0.2) is 19.3 Å². The van der Waals surface area contributed by atoms with Gasteiger partial charge in [-0.2, -0.15) is 18.3 Å². The van der Waals surface area contributed by atoms with Crippen molar-refractivity contribution < 1.29 is 22.7 Å². The number of pyridine rings is 1. The molecule has 0 aliphatic heterocycles. The van der Waals surface area contributed by atoms with E-state index in [1.165, 1.54) is 17.7 Å². The van der Waals surface area contributed by atoms with Crippen LogP contribution in [0.5, 0.6) is 0 Å². The summed E-state index contributed by atoms with van der Waals surface area (Å²) in [6.45, 7) is 2.58. The molecular formula is C20H17F3N6O2. The van der Waals surface area contributed by atoms with Crippen LogP contribution in [0.4, 0.5) is 13.2 Å². The lowest BCUT2D eigenvalue weighted by molar-refractivity contribution is -0.141. The molecule has 0 radical (unpaired) electrons. The molecule has 11 heteroatoms. The van der Waals surface area contributed by atoms with Gasteiger partial charge < -0.3 is 4.74 Å². The second-order valence-corrected chi connectivity index (χ2v) is 7.38. The molecule has 1 fully saturated rings. The van der Waals surface area contributed by atoms with Crippen LogP contribution in [0.25, 0.3) is 28.1 Å². The second kappa shape index (κ2) is 6.76. The van der Waals surface area contributed by atoms with Gasteiger partial charge >= 0.3 is 12.1 Å². The van der Waals surface area contributed by atoms with Gasteiger partial charge in [0.15, 0.2) is 17.0 Å². The number of carbonyl (C=O) groups excluding carboxylic acids is 1. The highest BCUT2D eigenvalue weighted by molar-refractivity contribution is 5.97. The fourth-order valence-corrected chi connectivity index (χ4v) is 3.63. The average Bonchev–Trinajstić information content (AvgIpc) is 3.36. The number of rotatable bonds is 4. The minimum atomic E-state index is -4.61. The standard InChI is InChI=1S/C20H17F3N6O2/c1-3-28-7-6-12(26-28)13-9-14(19(30)31-2)29-18(24-13)16-11(10-4-5-10)8-15(20(21,22)23)25-17(16)27-29/h6-10H,3-5H2,1-2H3. The third kappa shape index (κ3) is 3.20. The molecule has 5 rings (SSSR count). The SMILES string of the molecule is CCn1ccc(-c2cc(C(=O)OC)n3nc4nc(C(F)(F)F)cc(C5CC5)c4c3n2)n1. The zero-order chi connectivity index (χ0) is 21.9. The quantitative estimate of drug-likeness (QED) is 0.457. The van der Waals surface area contributed by atoms with Crippen LogP contribution in [0.2, 0.25) is 0 Å². The van der Waals surface area contributed by atoms with E-state index >= 15 is 0 Å². The van der Waals surface area contributed by atoms with Crippen molar-refractivity contribution in [2.75, 3.05) is 7.11 Å². The Kier molecular flexibility index (Phi) is 4.24. The fourth-order valence-electron chi connectivity index (χ4n) is 3.63. The Bertz CT molecular complexity index is 1340. The molecule has 0 amide bonds. The van der Waals surface area contributed by atoms with Crippen LogP contribution in [-0.4, -0.2) is 42.4 Å². The summed E-state index contributed by atoms with van der Waals surface area (Å²) in [4.78, 5) is 20.8. The Labute approximate surface area is 173 Å². The van der Waals surface area contributed by atoms with Crippen LogP contribution >= 0.6 is 0 Å². The van der Waals surface area contributed by atoms with Gasteiger partial charge in [-0.15, -0.1) is 5.10 Å². The first-order chi connectivity index (χ1) is 14.8. The lowest BCUT2D eigenvalue weighted by atomic mass is 10.1. The molecule has 4 aromatic rings. The Morgan fingerprint density at radius 2 is 1.97 bits per heavy atom. The number of hydrogen-bond acceptors (Lipinski definition) is 6. The van der Waals surface area contributed by atoms with E-state index in [0.717, 1.165) is 18.9 Å². The van der Waals surface area contributed by atoms with E-state index < -0.39 is 17.8 Å². The third-order valence-corrected chi connectivity index (χ3v) is 5.31. The van der Waals surface area contributed by atoms with Gasteiger partial charge in [0, 0.05) is 12.7 Å². The Morgan fingerprint density at radius 1 is 1.19 bits per heavy atom. The molecule has 0 saturated heterocycles. The smallest absolute Gasteiger partial charge is 0.433 e. The van der Waals surface area contributed by atoms with Gasteiger partial charge in [-0.05, 0) is 49.4 Å². The number of aryl methyl sites for hydroxylation is 1. The number of methoxy groups -OCH3 is 1. The summed E-state index contributed by atoms with van der Waals surface area (Å²) in [6, 6.07) is 4.29. The minimum absolute atomic E-state index is 0.0223. The summed E-state index contributed by atoms with van der Waals surface area (Å²) < 4.78 is 48.0. The number of halogens is 3. The zero-order valence-corrected chi connectivity index (χ0v) is 16.6. The average molecular weight is 430 g/mol. The van der Waals surface area contributed by atoms with Crippen LogP contribution in [0, 0.1) is 0 Å². The van der Waals surface area contributed by atoms with Gasteiger partial charge in [0.25, 0.3) is 0 Å². The maximum atomic E-state index is 13.4. The number of hydrogen-bond donors (Lipinski definition) is 0. The van der Waals surface area contributed by atoms with Crippen LogP contribution in [0.1, 0.15) is 47.4 Å². The van der Waals surface area contributed by atoms with Crippen molar-refractivity contribution in [3.05, 3.63) is 41.3 Å². The van der Waals surface area contributed by atoms with Crippen LogP contribution < -0.4 is 0 Å². The van der Waals surface area contributed by atoms with E-state index in [2.05, 4.69) is 20.2 Å². The molecule has 1 saturated carbocycles. The molecule has 0 spiro atoms. The first-order valence-corrected chi connectivity index (χ1v) is 9.74. The molecule has 4 aromatic heterocycles. The van der Waals surface area contributed by atoms with E-state index in [1.54, 1.807) is 16.9 Å². The largest absolute Gasteiger partial charge is 0.464 e. The van der Waals surface area contributed by atoms with Crippen LogP contribution in [0.3, 0.4) is 0 Å². The van der Waals surface area contributed by atoms with Crippen molar-refractivity contribution in [3.8, 4) is 11.4 Å². The number of aromatic nitrogens is 6. The van der Waals surface area contributed by atoms with E-state index in [-0.39, 0.29) is 22.9 Å². The summed E-state index contributed by atoms with van der Waals surface area (Å²) in [6.07, 6.45) is -1.28. The number of fused-ring (bicyclic) bond motifs is 3. The van der Waals surface area contributed by atoms with Gasteiger partial charge in [0.1, 0.15) is 11.4 Å². The topological polar surface area (TPSA) is 87.2 Å². The van der Waals surface area contributed by atoms with Gasteiger partial charge in [-0.1, -0.05) is 0 Å². The third-order valence-electron chi connectivity index (χ3n) is 5.31. The number of carbonyl (C=O) groups is 1. The van der Waals surface area contributed by atoms with Crippen molar-refractivity contribution >= 4 is 22.6 Å². The van der Waals surface area contributed by atoms with Crippen molar-refractivity contribution in [2.45, 2.75) is 38.4 Å². The molecule has 0 atom stereocenters. The predicted molar refractivity (Wildman–Crippen MR) is 103 cm³/mol. The van der Waals surface area contributed by atoms with E-state index in [9.17, 15) is 18.0 Å². The molecule has 31 heavy (non-hydrogen) atoms. The maximum absolute atomic E-state index is 13.4. The lowest BCUT2D eigenvalue weighted by Crippen LogP contribution is -2.11. The van der Waals surface area contributed by atoms with E-state index in [1.807, 2.05) is 6.92 Å². The number of nitrogens with zero attached hydrogens (tertiary/aromatic N) is 6. The van der Waals surface area contributed by atoms with Crippen molar-refractivity contribution in [2.24, 2.45) is 0 Å². The first-order valence-electron chi connectivity index (χ1n) is 9.74. The highest BCUT2D eigenvalue weighted by atomic mass is 19.4. The summed E-state index contributed by atoms with van der Waals surface area (Å²) >= 11 is 0. The molecule has 0 bridgehead atoms. The fraction of sp³-hybridized carbons (Fsp3) is 0.350. The predicted octanol–water partition coefficient (Wildman–Crippen LogP) is 3.84. The first kappa shape index (κ1) is 19.5. The van der Waals surface area contributed by atoms with Crippen LogP contribution in [-0.2, 0) is 17.5 Å². The molecule has 1 aliphatic rings. The summed E-state index contributed by atoms with van der Waals surface area (Å²) in [5, 5.41) is 9.04. The number of ether oxygens (including phenoxy) is 1. The zero-order valence-electron chi connectivity index (χ0n) is 16.6. The Hall–Kier alpha value is -3.50. The van der Waals surface area contributed by atoms with Gasteiger partial charge in [0.2, 0.25) is 0 Å². The Balaban J connectivity index is 1.85. The summed E-state index contributed by atoms with van der Waals surface area (Å²) in [7, 11) is 1.22. The van der Waals surface area contributed by atoms with Crippen LogP contribution in [0.15, 0.2) is 24.4 Å². The van der Waals surface area contributed by atoms with Gasteiger partial charge in [-0.3, -0.25) is 4.68 Å². The molecule has 0 aromatic carbocycles. The molecular weight excluding hydrogens is 413 g/mol. The molecule has 160 valence electrons. The monoisotopic (exact) mass is 430 g/mol. The molecule has 8 nitrogen and oxygen atoms in total. The molecule has 0 unspecified atom stereocenters. The number of alkyl halides is 3. The number of esters is 1. The van der Waals surface area contributed by atoms with Gasteiger partial charge in [0.05, 0.1) is 18.2 Å². The minimum Gasteiger partial charge on any atom is -0.464 e. The van der Waals surface area contributed by atoms with E-state index in [0.29, 0.717) is 28.9 Å². The molecule has 4 heterocycles. The van der Waals surface area contributed by atoms with Crippen molar-refractivity contribution in [1.29, 1.82) is 0 Å². The van der Waals surface area contributed by atoms with Crippen molar-refractivity contribution in [3.63, 3.8) is 0 Å². The molecule has 0 N–H and O–H groups in total. The summed E-state index contributed by atoms with van der Waals surface area (Å²) in [5.74, 6) is -0.716. The summed E-state index contributed by atoms with van der Waals surface area (Å²) in [5.41, 5.74) is 0.577. The lowest BCUT2D eigenvalue weighted by Gasteiger charge is -2.09. The highest BCUT2D eigenvalue weighted by Gasteiger charge is 2.37. The van der Waals surface area contributed by atoms with E-state index in [4.69, 9.17) is 4.74 Å². The highest BCUT2D eigenvalue weighted by Crippen LogP contribution is 2.45. The second-order valence-electron chi connectivity index (χ2n) is 7.38. The maximum Gasteiger partial charge on any atom is 0.433 e. The molecule has 1 aliphatic carbocycles. The van der Waals surface area contributed by atoms with Crippen molar-refractivity contribution in [1.82, 2.24) is 29.4 Å².